The Labute approximate surface area is 118 Å². The fourth-order valence-corrected chi connectivity index (χ4v) is 2.99. The van der Waals surface area contributed by atoms with Crippen LogP contribution in [0.25, 0.3) is 0 Å². The van der Waals surface area contributed by atoms with E-state index in [0.717, 1.165) is 18.5 Å². The van der Waals surface area contributed by atoms with Gasteiger partial charge in [-0.15, -0.1) is 11.6 Å². The molecule has 1 aliphatic rings. The second-order valence-corrected chi connectivity index (χ2v) is 5.78. The molecule has 0 unspecified atom stereocenters. The molecule has 0 bridgehead atoms. The van der Waals surface area contributed by atoms with Gasteiger partial charge in [0, 0.05) is 17.8 Å². The number of nitrogens with zero attached hydrogens (tertiary/aromatic N) is 2. The highest BCUT2D eigenvalue weighted by molar-refractivity contribution is 6.18. The number of rotatable bonds is 4. The lowest BCUT2D eigenvalue weighted by atomic mass is 9.88. The second kappa shape index (κ2) is 5.87. The van der Waals surface area contributed by atoms with Gasteiger partial charge >= 0.3 is 0 Å². The number of nitrogens with one attached hydrogen (secondary N) is 1. The lowest BCUT2D eigenvalue weighted by Crippen LogP contribution is -2.37. The lowest BCUT2D eigenvalue weighted by molar-refractivity contribution is 0.0933. The van der Waals surface area contributed by atoms with Crippen molar-refractivity contribution >= 4 is 17.5 Å². The molecule has 1 fully saturated rings. The number of hydrogen-bond acceptors (Lipinski definition) is 3. The fraction of sp³-hybridized carbons (Fsp3) is 0.643. The third-order valence-electron chi connectivity index (χ3n) is 3.92. The van der Waals surface area contributed by atoms with Gasteiger partial charge in [-0.3, -0.25) is 4.79 Å². The number of carbonyl (C=O) groups excluding carboxylic acids is 1. The minimum atomic E-state index is -0.0770. The van der Waals surface area contributed by atoms with Crippen molar-refractivity contribution in [1.29, 1.82) is 0 Å². The average molecular weight is 282 g/mol. The molecule has 19 heavy (non-hydrogen) atoms. The SMILES string of the molecule is Cc1cc(C(=O)NCC2(CCl)CCCC2)c(C)nn1. The van der Waals surface area contributed by atoms with Crippen LogP contribution in [-0.4, -0.2) is 28.5 Å². The first-order chi connectivity index (χ1) is 9.06. The molecule has 5 heteroatoms. The molecule has 0 aromatic carbocycles. The largest absolute Gasteiger partial charge is 0.351 e. The van der Waals surface area contributed by atoms with E-state index in [0.29, 0.717) is 23.7 Å². The molecule has 4 nitrogen and oxygen atoms in total. The van der Waals surface area contributed by atoms with E-state index in [1.807, 2.05) is 6.92 Å². The smallest absolute Gasteiger partial charge is 0.253 e. The fourth-order valence-electron chi connectivity index (χ4n) is 2.63. The van der Waals surface area contributed by atoms with Crippen molar-refractivity contribution in [2.24, 2.45) is 5.41 Å². The molecule has 2 rings (SSSR count). The molecule has 0 atom stereocenters. The zero-order chi connectivity index (χ0) is 13.9. The molecule has 104 valence electrons. The van der Waals surface area contributed by atoms with Gasteiger partial charge in [0.1, 0.15) is 0 Å². The number of carbonyl (C=O) groups is 1. The average Bonchev–Trinajstić information content (AvgIpc) is 2.88. The molecule has 0 spiro atoms. The summed E-state index contributed by atoms with van der Waals surface area (Å²) in [6.07, 6.45) is 4.61. The molecule has 0 saturated heterocycles. The van der Waals surface area contributed by atoms with Crippen LogP contribution in [0.2, 0.25) is 0 Å². The van der Waals surface area contributed by atoms with E-state index >= 15 is 0 Å². The molecule has 0 aliphatic heterocycles. The Balaban J connectivity index is 2.03. The van der Waals surface area contributed by atoms with E-state index in [1.165, 1.54) is 12.8 Å². The van der Waals surface area contributed by atoms with Gasteiger partial charge in [-0.1, -0.05) is 12.8 Å². The van der Waals surface area contributed by atoms with E-state index in [-0.39, 0.29) is 11.3 Å². The quantitative estimate of drug-likeness (QED) is 0.863. The Hall–Kier alpha value is -1.16. The van der Waals surface area contributed by atoms with Gasteiger partial charge < -0.3 is 5.32 Å². The molecule has 1 aromatic rings. The monoisotopic (exact) mass is 281 g/mol. The summed E-state index contributed by atoms with van der Waals surface area (Å²) in [7, 11) is 0. The van der Waals surface area contributed by atoms with Crippen LogP contribution < -0.4 is 5.32 Å². The van der Waals surface area contributed by atoms with Gasteiger partial charge in [0.05, 0.1) is 17.0 Å². The third-order valence-corrected chi connectivity index (χ3v) is 4.48. The molecule has 1 heterocycles. The van der Waals surface area contributed by atoms with Gasteiger partial charge in [-0.05, 0) is 32.8 Å². The first-order valence-electron chi connectivity index (χ1n) is 6.71. The normalized spacial score (nSPS) is 17.4. The van der Waals surface area contributed by atoms with Gasteiger partial charge in [0.25, 0.3) is 5.91 Å². The minimum Gasteiger partial charge on any atom is -0.351 e. The molecule has 1 aromatic heterocycles. The maximum Gasteiger partial charge on any atom is 0.253 e. The van der Waals surface area contributed by atoms with Crippen molar-refractivity contribution in [2.75, 3.05) is 12.4 Å². The van der Waals surface area contributed by atoms with Crippen molar-refractivity contribution < 1.29 is 4.79 Å². The van der Waals surface area contributed by atoms with Crippen LogP contribution in [0.4, 0.5) is 0 Å². The number of aryl methyl sites for hydroxylation is 2. The van der Waals surface area contributed by atoms with Crippen molar-refractivity contribution in [3.63, 3.8) is 0 Å². The second-order valence-electron chi connectivity index (χ2n) is 5.51. The number of hydrogen-bond donors (Lipinski definition) is 1. The highest BCUT2D eigenvalue weighted by Crippen LogP contribution is 2.38. The Morgan fingerprint density at radius 2 is 2.05 bits per heavy atom. The van der Waals surface area contributed by atoms with Crippen LogP contribution in [0.5, 0.6) is 0 Å². The zero-order valence-corrected chi connectivity index (χ0v) is 12.3. The van der Waals surface area contributed by atoms with E-state index in [2.05, 4.69) is 15.5 Å². The number of aromatic nitrogens is 2. The lowest BCUT2D eigenvalue weighted by Gasteiger charge is -2.26. The molecular weight excluding hydrogens is 262 g/mol. The standard InChI is InChI=1S/C14H20ClN3O/c1-10-7-12(11(2)18-17-10)13(19)16-9-14(8-15)5-3-4-6-14/h7H,3-6,8-9H2,1-2H3,(H,16,19). The molecule has 1 amide bonds. The van der Waals surface area contributed by atoms with Crippen molar-refractivity contribution in [1.82, 2.24) is 15.5 Å². The van der Waals surface area contributed by atoms with Gasteiger partial charge in [-0.2, -0.15) is 10.2 Å². The molecular formula is C14H20ClN3O. The summed E-state index contributed by atoms with van der Waals surface area (Å²) < 4.78 is 0. The summed E-state index contributed by atoms with van der Waals surface area (Å²) in [6, 6.07) is 1.78. The van der Waals surface area contributed by atoms with Crippen LogP contribution in [0.1, 0.15) is 47.4 Å². The van der Waals surface area contributed by atoms with Gasteiger partial charge in [0.15, 0.2) is 0 Å². The summed E-state index contributed by atoms with van der Waals surface area (Å²) in [5.74, 6) is 0.534. The van der Waals surface area contributed by atoms with Gasteiger partial charge in [0.2, 0.25) is 0 Å². The topological polar surface area (TPSA) is 54.9 Å². The van der Waals surface area contributed by atoms with Crippen molar-refractivity contribution in [3.8, 4) is 0 Å². The maximum absolute atomic E-state index is 12.2. The molecule has 1 aliphatic carbocycles. The van der Waals surface area contributed by atoms with E-state index in [9.17, 15) is 4.79 Å². The summed E-state index contributed by atoms with van der Waals surface area (Å²) in [5.41, 5.74) is 2.11. The highest BCUT2D eigenvalue weighted by Gasteiger charge is 2.33. The van der Waals surface area contributed by atoms with Crippen LogP contribution in [-0.2, 0) is 0 Å². The Morgan fingerprint density at radius 3 is 2.68 bits per heavy atom. The zero-order valence-electron chi connectivity index (χ0n) is 11.5. The molecule has 0 radical (unpaired) electrons. The van der Waals surface area contributed by atoms with E-state index < -0.39 is 0 Å². The van der Waals surface area contributed by atoms with Crippen LogP contribution >= 0.6 is 11.6 Å². The summed E-state index contributed by atoms with van der Waals surface area (Å²) in [5, 5.41) is 10.9. The summed E-state index contributed by atoms with van der Waals surface area (Å²) in [6.45, 7) is 4.28. The Bertz CT molecular complexity index is 470. The number of alkyl halides is 1. The predicted octanol–water partition coefficient (Wildman–Crippen LogP) is 2.62. The third kappa shape index (κ3) is 3.24. The first kappa shape index (κ1) is 14.3. The summed E-state index contributed by atoms with van der Waals surface area (Å²) in [4.78, 5) is 12.2. The van der Waals surface area contributed by atoms with Crippen LogP contribution in [0.3, 0.4) is 0 Å². The van der Waals surface area contributed by atoms with E-state index in [1.54, 1.807) is 13.0 Å². The summed E-state index contributed by atoms with van der Waals surface area (Å²) >= 11 is 6.08. The Kier molecular flexibility index (Phi) is 4.40. The number of amides is 1. The van der Waals surface area contributed by atoms with Gasteiger partial charge in [-0.25, -0.2) is 0 Å². The van der Waals surface area contributed by atoms with Crippen LogP contribution in [0, 0.1) is 19.3 Å². The van der Waals surface area contributed by atoms with Crippen molar-refractivity contribution in [3.05, 3.63) is 23.0 Å². The molecule has 1 N–H and O–H groups in total. The van der Waals surface area contributed by atoms with Crippen molar-refractivity contribution in [2.45, 2.75) is 39.5 Å². The predicted molar refractivity (Wildman–Crippen MR) is 75.5 cm³/mol. The number of halogens is 1. The minimum absolute atomic E-state index is 0.0770. The first-order valence-corrected chi connectivity index (χ1v) is 7.25. The highest BCUT2D eigenvalue weighted by atomic mass is 35.5. The van der Waals surface area contributed by atoms with Crippen LogP contribution in [0.15, 0.2) is 6.07 Å². The maximum atomic E-state index is 12.2. The van der Waals surface area contributed by atoms with E-state index in [4.69, 9.17) is 11.6 Å². The Morgan fingerprint density at radius 1 is 1.37 bits per heavy atom. The molecule has 1 saturated carbocycles.